The standard InChI is InChI=1S/C13H14ClN3/c14-7-10-5-6-17(9-10)13-8-15-11-3-1-2-4-12(11)16-13/h1-4,8,10H,5-7,9H2. The maximum absolute atomic E-state index is 5.89. The predicted molar refractivity (Wildman–Crippen MR) is 70.6 cm³/mol. The number of aromatic nitrogens is 2. The first-order valence-electron chi connectivity index (χ1n) is 5.89. The van der Waals surface area contributed by atoms with Crippen molar-refractivity contribution in [3.05, 3.63) is 30.5 Å². The van der Waals surface area contributed by atoms with E-state index in [9.17, 15) is 0 Å². The highest BCUT2D eigenvalue weighted by molar-refractivity contribution is 6.18. The molecule has 1 aliphatic rings. The fourth-order valence-corrected chi connectivity index (χ4v) is 2.52. The van der Waals surface area contributed by atoms with Gasteiger partial charge in [0.05, 0.1) is 17.2 Å². The zero-order valence-corrected chi connectivity index (χ0v) is 10.3. The molecule has 0 saturated carbocycles. The molecule has 1 aliphatic heterocycles. The van der Waals surface area contributed by atoms with Crippen LogP contribution in [0.5, 0.6) is 0 Å². The van der Waals surface area contributed by atoms with Gasteiger partial charge in [0.1, 0.15) is 5.82 Å². The van der Waals surface area contributed by atoms with E-state index in [2.05, 4.69) is 14.9 Å². The zero-order chi connectivity index (χ0) is 11.7. The number of nitrogens with zero attached hydrogens (tertiary/aromatic N) is 3. The Hall–Kier alpha value is -1.35. The Balaban J connectivity index is 1.91. The zero-order valence-electron chi connectivity index (χ0n) is 9.51. The van der Waals surface area contributed by atoms with Gasteiger partial charge in [0.2, 0.25) is 0 Å². The van der Waals surface area contributed by atoms with Crippen molar-refractivity contribution < 1.29 is 0 Å². The molecule has 0 bridgehead atoms. The third kappa shape index (κ3) is 2.07. The summed E-state index contributed by atoms with van der Waals surface area (Å²) in [7, 11) is 0. The fraction of sp³-hybridized carbons (Fsp3) is 0.385. The summed E-state index contributed by atoms with van der Waals surface area (Å²) in [6.45, 7) is 2.03. The third-order valence-corrected chi connectivity index (χ3v) is 3.70. The molecule has 1 atom stereocenters. The molecule has 0 spiro atoms. The SMILES string of the molecule is ClCC1CCN(c2cnc3ccccc3n2)C1. The normalized spacial score (nSPS) is 20.1. The van der Waals surface area contributed by atoms with Crippen LogP contribution in [0, 0.1) is 5.92 Å². The second kappa shape index (κ2) is 4.49. The van der Waals surface area contributed by atoms with Crippen molar-refractivity contribution in [3.63, 3.8) is 0 Å². The number of benzene rings is 1. The van der Waals surface area contributed by atoms with E-state index in [0.29, 0.717) is 5.92 Å². The van der Waals surface area contributed by atoms with Crippen LogP contribution in [0.4, 0.5) is 5.82 Å². The minimum Gasteiger partial charge on any atom is -0.355 e. The summed E-state index contributed by atoms with van der Waals surface area (Å²) in [5.41, 5.74) is 1.91. The summed E-state index contributed by atoms with van der Waals surface area (Å²) in [6, 6.07) is 7.96. The molecule has 0 radical (unpaired) electrons. The third-order valence-electron chi connectivity index (χ3n) is 3.26. The Morgan fingerprint density at radius 1 is 1.29 bits per heavy atom. The molecule has 0 amide bonds. The molecular weight excluding hydrogens is 234 g/mol. The van der Waals surface area contributed by atoms with Crippen molar-refractivity contribution in [3.8, 4) is 0 Å². The Bertz CT molecular complexity index is 529. The summed E-state index contributed by atoms with van der Waals surface area (Å²) in [4.78, 5) is 11.4. The van der Waals surface area contributed by atoms with Gasteiger partial charge in [-0.25, -0.2) is 4.98 Å². The van der Waals surface area contributed by atoms with Crippen molar-refractivity contribution in [2.75, 3.05) is 23.9 Å². The maximum atomic E-state index is 5.89. The van der Waals surface area contributed by atoms with E-state index in [-0.39, 0.29) is 0 Å². The summed E-state index contributed by atoms with van der Waals surface area (Å²) >= 11 is 5.89. The van der Waals surface area contributed by atoms with Crippen LogP contribution in [0.3, 0.4) is 0 Å². The summed E-state index contributed by atoms with van der Waals surface area (Å²) in [5.74, 6) is 2.29. The summed E-state index contributed by atoms with van der Waals surface area (Å²) in [5, 5.41) is 0. The molecule has 88 valence electrons. The van der Waals surface area contributed by atoms with Crippen LogP contribution in [0.1, 0.15) is 6.42 Å². The van der Waals surface area contributed by atoms with Crippen LogP contribution < -0.4 is 4.90 Å². The highest BCUT2D eigenvalue weighted by Gasteiger charge is 2.22. The Kier molecular flexibility index (Phi) is 2.85. The lowest BCUT2D eigenvalue weighted by atomic mass is 10.2. The van der Waals surface area contributed by atoms with Gasteiger partial charge in [-0.2, -0.15) is 0 Å². The molecule has 3 nitrogen and oxygen atoms in total. The van der Waals surface area contributed by atoms with Crippen LogP contribution >= 0.6 is 11.6 Å². The summed E-state index contributed by atoms with van der Waals surface area (Å²) in [6.07, 6.45) is 3.01. The van der Waals surface area contributed by atoms with Gasteiger partial charge in [0, 0.05) is 19.0 Å². The van der Waals surface area contributed by atoms with Gasteiger partial charge in [0.25, 0.3) is 0 Å². The molecule has 0 aliphatic carbocycles. The number of alkyl halides is 1. The molecule has 4 heteroatoms. The lowest BCUT2D eigenvalue weighted by molar-refractivity contribution is 0.666. The quantitative estimate of drug-likeness (QED) is 0.764. The molecule has 2 aromatic rings. The van der Waals surface area contributed by atoms with Gasteiger partial charge in [-0.15, -0.1) is 11.6 Å². The molecule has 2 heterocycles. The number of fused-ring (bicyclic) bond motifs is 1. The minimum absolute atomic E-state index is 0.588. The molecule has 1 unspecified atom stereocenters. The molecule has 0 N–H and O–H groups in total. The van der Waals surface area contributed by atoms with E-state index in [1.165, 1.54) is 0 Å². The van der Waals surface area contributed by atoms with E-state index >= 15 is 0 Å². The van der Waals surface area contributed by atoms with Crippen LogP contribution in [-0.2, 0) is 0 Å². The van der Waals surface area contributed by atoms with Gasteiger partial charge >= 0.3 is 0 Å². The minimum atomic E-state index is 0.588. The first kappa shape index (κ1) is 10.8. The van der Waals surface area contributed by atoms with Gasteiger partial charge in [0.15, 0.2) is 0 Å². The fourth-order valence-electron chi connectivity index (χ4n) is 2.27. The lowest BCUT2D eigenvalue weighted by Gasteiger charge is -2.16. The maximum Gasteiger partial charge on any atom is 0.147 e. The van der Waals surface area contributed by atoms with E-state index in [1.54, 1.807) is 0 Å². The van der Waals surface area contributed by atoms with E-state index < -0.39 is 0 Å². The molecule has 1 saturated heterocycles. The number of rotatable bonds is 2. The van der Waals surface area contributed by atoms with Crippen LogP contribution in [0.15, 0.2) is 30.5 Å². The average Bonchev–Trinajstić information content (AvgIpc) is 2.87. The summed E-state index contributed by atoms with van der Waals surface area (Å²) < 4.78 is 0. The Morgan fingerprint density at radius 2 is 2.12 bits per heavy atom. The van der Waals surface area contributed by atoms with Crippen molar-refractivity contribution in [1.29, 1.82) is 0 Å². The smallest absolute Gasteiger partial charge is 0.147 e. The number of anilines is 1. The monoisotopic (exact) mass is 247 g/mol. The molecule has 17 heavy (non-hydrogen) atoms. The van der Waals surface area contributed by atoms with Gasteiger partial charge < -0.3 is 4.90 Å². The first-order valence-corrected chi connectivity index (χ1v) is 6.43. The van der Waals surface area contributed by atoms with Gasteiger partial charge in [-0.1, -0.05) is 12.1 Å². The lowest BCUT2D eigenvalue weighted by Crippen LogP contribution is -2.21. The second-order valence-electron chi connectivity index (χ2n) is 4.47. The number of hydrogen-bond acceptors (Lipinski definition) is 3. The molecule has 1 aromatic heterocycles. The number of hydrogen-bond donors (Lipinski definition) is 0. The predicted octanol–water partition coefficient (Wildman–Crippen LogP) is 2.69. The molecule has 3 rings (SSSR count). The van der Waals surface area contributed by atoms with E-state index in [0.717, 1.165) is 42.2 Å². The Morgan fingerprint density at radius 3 is 2.88 bits per heavy atom. The Labute approximate surface area is 105 Å². The van der Waals surface area contributed by atoms with Crippen molar-refractivity contribution in [2.24, 2.45) is 5.92 Å². The highest BCUT2D eigenvalue weighted by Crippen LogP contribution is 2.23. The number of para-hydroxylation sites is 2. The van der Waals surface area contributed by atoms with Crippen LogP contribution in [0.25, 0.3) is 11.0 Å². The second-order valence-corrected chi connectivity index (χ2v) is 4.78. The molecule has 1 fully saturated rings. The first-order chi connectivity index (χ1) is 8.36. The van der Waals surface area contributed by atoms with Crippen LogP contribution in [0.2, 0.25) is 0 Å². The van der Waals surface area contributed by atoms with Crippen molar-refractivity contribution in [2.45, 2.75) is 6.42 Å². The van der Waals surface area contributed by atoms with Gasteiger partial charge in [-0.05, 0) is 24.5 Å². The number of halogens is 1. The van der Waals surface area contributed by atoms with Gasteiger partial charge in [-0.3, -0.25) is 4.98 Å². The van der Waals surface area contributed by atoms with E-state index in [4.69, 9.17) is 11.6 Å². The van der Waals surface area contributed by atoms with Crippen molar-refractivity contribution in [1.82, 2.24) is 9.97 Å². The van der Waals surface area contributed by atoms with Crippen molar-refractivity contribution >= 4 is 28.5 Å². The molecular formula is C13H14ClN3. The average molecular weight is 248 g/mol. The largest absolute Gasteiger partial charge is 0.355 e. The van der Waals surface area contributed by atoms with Crippen LogP contribution in [-0.4, -0.2) is 28.9 Å². The topological polar surface area (TPSA) is 29.0 Å². The molecule has 1 aromatic carbocycles. The highest BCUT2D eigenvalue weighted by atomic mass is 35.5. The van der Waals surface area contributed by atoms with E-state index in [1.807, 2.05) is 30.5 Å².